The van der Waals surface area contributed by atoms with E-state index in [0.29, 0.717) is 11.3 Å². The van der Waals surface area contributed by atoms with Crippen molar-refractivity contribution in [1.82, 2.24) is 10.0 Å². The van der Waals surface area contributed by atoms with Crippen LogP contribution in [0.5, 0.6) is 0 Å². The first kappa shape index (κ1) is 15.6. The average Bonchev–Trinajstić information content (AvgIpc) is 2.75. The van der Waals surface area contributed by atoms with Crippen molar-refractivity contribution in [2.75, 3.05) is 6.54 Å². The summed E-state index contributed by atoms with van der Waals surface area (Å²) in [7, 11) is -3.79. The number of thiophene rings is 1. The Balaban J connectivity index is 2.22. The maximum absolute atomic E-state index is 12.2. The minimum atomic E-state index is -3.79. The topological polar surface area (TPSA) is 101 Å². The number of piperidine rings is 1. The summed E-state index contributed by atoms with van der Waals surface area (Å²) in [6.45, 7) is 2.76. The van der Waals surface area contributed by atoms with E-state index in [1.807, 2.05) is 6.92 Å². The van der Waals surface area contributed by atoms with Gasteiger partial charge in [0.25, 0.3) is 15.7 Å². The molecule has 1 aromatic heterocycles. The van der Waals surface area contributed by atoms with Crippen molar-refractivity contribution < 1.29 is 13.3 Å². The van der Waals surface area contributed by atoms with Crippen LogP contribution in [0, 0.1) is 10.1 Å². The molecule has 2 heterocycles. The molecule has 1 aliphatic rings. The molecule has 2 N–H and O–H groups in total. The number of nitrogens with zero attached hydrogens (tertiary/aromatic N) is 1. The minimum Gasteiger partial charge on any atom is -0.313 e. The molecule has 2 atom stereocenters. The van der Waals surface area contributed by atoms with Gasteiger partial charge in [0.05, 0.1) is 4.92 Å². The molecule has 1 fully saturated rings. The predicted molar refractivity (Wildman–Crippen MR) is 76.8 cm³/mol. The molecule has 0 radical (unpaired) electrons. The van der Waals surface area contributed by atoms with Gasteiger partial charge in [-0.2, -0.15) is 0 Å². The molecular weight excluding hydrogens is 326 g/mol. The summed E-state index contributed by atoms with van der Waals surface area (Å²) in [5.41, 5.74) is -0.383. The number of rotatable bonds is 4. The largest absolute Gasteiger partial charge is 0.313 e. The van der Waals surface area contributed by atoms with E-state index in [1.165, 1.54) is 0 Å². The van der Waals surface area contributed by atoms with Crippen molar-refractivity contribution in [3.05, 3.63) is 20.5 Å². The van der Waals surface area contributed by atoms with Gasteiger partial charge in [0, 0.05) is 18.2 Å². The molecule has 0 spiro atoms. The van der Waals surface area contributed by atoms with Gasteiger partial charge in [0.1, 0.15) is 4.21 Å². The first-order valence-electron chi connectivity index (χ1n) is 6.00. The van der Waals surface area contributed by atoms with Crippen molar-refractivity contribution >= 4 is 38.6 Å². The van der Waals surface area contributed by atoms with E-state index in [2.05, 4.69) is 10.0 Å². The molecule has 1 aromatic rings. The van der Waals surface area contributed by atoms with Gasteiger partial charge in [-0.15, -0.1) is 11.3 Å². The molecule has 1 aliphatic heterocycles. The highest BCUT2D eigenvalue weighted by Gasteiger charge is 2.30. The second kappa shape index (κ2) is 5.94. The van der Waals surface area contributed by atoms with Gasteiger partial charge in [0.15, 0.2) is 4.34 Å². The summed E-state index contributed by atoms with van der Waals surface area (Å²) in [6.07, 6.45) is 1.61. The zero-order valence-corrected chi connectivity index (χ0v) is 13.0. The molecule has 0 aromatic carbocycles. The molecule has 0 bridgehead atoms. The zero-order valence-electron chi connectivity index (χ0n) is 10.6. The van der Waals surface area contributed by atoms with Crippen LogP contribution in [0.3, 0.4) is 0 Å². The minimum absolute atomic E-state index is 0.0175. The second-order valence-corrected chi connectivity index (χ2v) is 8.19. The Morgan fingerprint density at radius 3 is 2.85 bits per heavy atom. The standard InChI is InChI=1S/C10H14ClN3O4S2/c1-6-7(3-2-4-12-6)13-20(17,18)9-5-8(14(15)16)10(11)19-9/h5-7,12-13H,2-4H2,1H3. The van der Waals surface area contributed by atoms with Gasteiger partial charge in [-0.25, -0.2) is 13.1 Å². The molecule has 0 amide bonds. The Kier molecular flexibility index (Phi) is 4.65. The maximum atomic E-state index is 12.2. The van der Waals surface area contributed by atoms with Crippen LogP contribution < -0.4 is 10.0 Å². The molecule has 0 saturated carbocycles. The Bertz CT molecular complexity index is 616. The molecular formula is C10H14ClN3O4S2. The smallest absolute Gasteiger partial charge is 0.300 e. The van der Waals surface area contributed by atoms with Gasteiger partial charge in [-0.05, 0) is 26.3 Å². The van der Waals surface area contributed by atoms with Crippen LogP contribution in [-0.4, -0.2) is 32.0 Å². The van der Waals surface area contributed by atoms with E-state index in [-0.39, 0.29) is 26.3 Å². The lowest BCUT2D eigenvalue weighted by Crippen LogP contribution is -2.51. The van der Waals surface area contributed by atoms with Crippen molar-refractivity contribution in [1.29, 1.82) is 0 Å². The fraction of sp³-hybridized carbons (Fsp3) is 0.600. The second-order valence-electron chi connectivity index (χ2n) is 4.59. The lowest BCUT2D eigenvalue weighted by Gasteiger charge is -2.30. The molecule has 20 heavy (non-hydrogen) atoms. The number of sulfonamides is 1. The van der Waals surface area contributed by atoms with Gasteiger partial charge in [0.2, 0.25) is 0 Å². The number of nitro groups is 1. The van der Waals surface area contributed by atoms with E-state index in [1.54, 1.807) is 0 Å². The summed E-state index contributed by atoms with van der Waals surface area (Å²) in [4.78, 5) is 10.0. The number of hydrogen-bond donors (Lipinski definition) is 2. The van der Waals surface area contributed by atoms with Crippen molar-refractivity contribution in [2.24, 2.45) is 0 Å². The molecule has 1 saturated heterocycles. The number of halogens is 1. The van der Waals surface area contributed by atoms with Crippen LogP contribution in [0.2, 0.25) is 4.34 Å². The summed E-state index contributed by atoms with van der Waals surface area (Å²) in [5.74, 6) is 0. The van der Waals surface area contributed by atoms with Crippen LogP contribution in [0.1, 0.15) is 19.8 Å². The molecule has 0 aliphatic carbocycles. The molecule has 10 heteroatoms. The summed E-state index contributed by atoms with van der Waals surface area (Å²) in [5, 5.41) is 13.9. The van der Waals surface area contributed by atoms with E-state index >= 15 is 0 Å². The molecule has 7 nitrogen and oxygen atoms in total. The quantitative estimate of drug-likeness (QED) is 0.642. The van der Waals surface area contributed by atoms with Crippen molar-refractivity contribution in [3.8, 4) is 0 Å². The fourth-order valence-electron chi connectivity index (χ4n) is 2.06. The summed E-state index contributed by atoms with van der Waals surface area (Å²) < 4.78 is 26.8. The van der Waals surface area contributed by atoms with Crippen molar-refractivity contribution in [2.45, 2.75) is 36.1 Å². The van der Waals surface area contributed by atoms with Crippen LogP contribution in [-0.2, 0) is 10.0 Å². The van der Waals surface area contributed by atoms with Crippen LogP contribution >= 0.6 is 22.9 Å². The van der Waals surface area contributed by atoms with E-state index in [9.17, 15) is 18.5 Å². The Morgan fingerprint density at radius 2 is 2.30 bits per heavy atom. The van der Waals surface area contributed by atoms with Gasteiger partial charge >= 0.3 is 0 Å². The lowest BCUT2D eigenvalue weighted by molar-refractivity contribution is -0.384. The van der Waals surface area contributed by atoms with Crippen LogP contribution in [0.25, 0.3) is 0 Å². The lowest BCUT2D eigenvalue weighted by atomic mass is 10.0. The predicted octanol–water partition coefficient (Wildman–Crippen LogP) is 1.73. The van der Waals surface area contributed by atoms with Gasteiger partial charge in [-0.1, -0.05) is 11.6 Å². The molecule has 112 valence electrons. The zero-order chi connectivity index (χ0) is 14.9. The van der Waals surface area contributed by atoms with E-state index in [0.717, 1.165) is 25.5 Å². The van der Waals surface area contributed by atoms with Crippen LogP contribution in [0.15, 0.2) is 10.3 Å². The average molecular weight is 340 g/mol. The van der Waals surface area contributed by atoms with E-state index < -0.39 is 14.9 Å². The molecule has 2 unspecified atom stereocenters. The first-order valence-corrected chi connectivity index (χ1v) is 8.68. The van der Waals surface area contributed by atoms with Gasteiger partial charge in [-0.3, -0.25) is 10.1 Å². The van der Waals surface area contributed by atoms with E-state index in [4.69, 9.17) is 11.6 Å². The highest BCUT2D eigenvalue weighted by atomic mass is 35.5. The number of hydrogen-bond acceptors (Lipinski definition) is 6. The Labute approximate surface area is 125 Å². The summed E-state index contributed by atoms with van der Waals surface area (Å²) >= 11 is 6.38. The van der Waals surface area contributed by atoms with Crippen molar-refractivity contribution in [3.63, 3.8) is 0 Å². The molecule has 2 rings (SSSR count). The SMILES string of the molecule is CC1NCCCC1NS(=O)(=O)c1cc([N+](=O)[O-])c(Cl)s1. The van der Waals surface area contributed by atoms with Crippen LogP contribution in [0.4, 0.5) is 5.69 Å². The Morgan fingerprint density at radius 1 is 1.60 bits per heavy atom. The maximum Gasteiger partial charge on any atom is 0.300 e. The third kappa shape index (κ3) is 3.29. The monoisotopic (exact) mass is 339 g/mol. The first-order chi connectivity index (χ1) is 9.31. The van der Waals surface area contributed by atoms with Gasteiger partial charge < -0.3 is 5.32 Å². The fourth-order valence-corrected chi connectivity index (χ4v) is 5.09. The third-order valence-corrected chi connectivity index (χ3v) is 6.48. The highest BCUT2D eigenvalue weighted by molar-refractivity contribution is 7.91. The Hall–Kier alpha value is -0.740. The highest BCUT2D eigenvalue weighted by Crippen LogP contribution is 2.36. The third-order valence-electron chi connectivity index (χ3n) is 3.18. The number of nitrogens with one attached hydrogen (secondary N) is 2. The normalized spacial score (nSPS) is 23.7. The summed E-state index contributed by atoms with van der Waals surface area (Å²) in [6, 6.07) is 0.786.